The zero-order valence-corrected chi connectivity index (χ0v) is 12.7. The molecule has 1 aliphatic heterocycles. The number of nitrogens with two attached hydrogens (primary N) is 1. The Kier molecular flexibility index (Phi) is 5.33. The summed E-state index contributed by atoms with van der Waals surface area (Å²) in [6.07, 6.45) is 2.53. The quantitative estimate of drug-likeness (QED) is 0.723. The van der Waals surface area contributed by atoms with E-state index in [0.717, 1.165) is 25.9 Å². The van der Waals surface area contributed by atoms with E-state index < -0.39 is 10.0 Å². The van der Waals surface area contributed by atoms with Crippen LogP contribution >= 0.6 is 0 Å². The lowest BCUT2D eigenvalue weighted by Gasteiger charge is -2.09. The molecule has 0 spiro atoms. The molecule has 0 aromatic heterocycles. The highest BCUT2D eigenvalue weighted by molar-refractivity contribution is 7.88. The molecule has 1 unspecified atom stereocenters. The number of amides is 1. The molecule has 1 aromatic carbocycles. The minimum Gasteiger partial charge on any atom is -0.326 e. The lowest BCUT2D eigenvalue weighted by atomic mass is 10.0. The summed E-state index contributed by atoms with van der Waals surface area (Å²) < 4.78 is 22.0. The number of benzene rings is 1. The first-order valence-electron chi connectivity index (χ1n) is 7.02. The first-order chi connectivity index (χ1) is 9.92. The van der Waals surface area contributed by atoms with Crippen molar-refractivity contribution in [1.82, 2.24) is 5.32 Å². The summed E-state index contributed by atoms with van der Waals surface area (Å²) >= 11 is 0. The highest BCUT2D eigenvalue weighted by atomic mass is 32.2. The van der Waals surface area contributed by atoms with E-state index >= 15 is 0 Å². The topological polar surface area (TPSA) is 101 Å². The Balaban J connectivity index is 1.80. The van der Waals surface area contributed by atoms with Gasteiger partial charge in [0.1, 0.15) is 0 Å². The third kappa shape index (κ3) is 5.82. The molecule has 0 radical (unpaired) electrons. The molecule has 1 aliphatic rings. The van der Waals surface area contributed by atoms with Gasteiger partial charge in [0, 0.05) is 12.1 Å². The maximum atomic E-state index is 11.8. The number of carbonyl (C=O) groups excluding carboxylic acids is 1. The molecule has 1 saturated heterocycles. The van der Waals surface area contributed by atoms with Crippen LogP contribution in [0.3, 0.4) is 0 Å². The summed E-state index contributed by atoms with van der Waals surface area (Å²) in [7, 11) is -3.52. The van der Waals surface area contributed by atoms with Crippen LogP contribution in [0.4, 0.5) is 5.69 Å². The molecule has 0 saturated carbocycles. The van der Waals surface area contributed by atoms with Gasteiger partial charge in [-0.05, 0) is 49.5 Å². The highest BCUT2D eigenvalue weighted by Gasteiger charge is 2.15. The normalized spacial score (nSPS) is 18.6. The Bertz CT molecular complexity index is 578. The number of hydrogen-bond acceptors (Lipinski definition) is 4. The second-order valence-electron chi connectivity index (χ2n) is 5.45. The van der Waals surface area contributed by atoms with Crippen molar-refractivity contribution in [3.63, 3.8) is 0 Å². The number of nitrogens with one attached hydrogen (secondary N) is 2. The van der Waals surface area contributed by atoms with Gasteiger partial charge in [0.2, 0.25) is 15.9 Å². The van der Waals surface area contributed by atoms with E-state index in [-0.39, 0.29) is 11.7 Å². The van der Waals surface area contributed by atoms with E-state index in [1.807, 2.05) is 0 Å². The Hall–Kier alpha value is -1.44. The van der Waals surface area contributed by atoms with Crippen molar-refractivity contribution >= 4 is 21.6 Å². The van der Waals surface area contributed by atoms with Gasteiger partial charge in [-0.25, -0.2) is 13.6 Å². The molecule has 21 heavy (non-hydrogen) atoms. The monoisotopic (exact) mass is 311 g/mol. The van der Waals surface area contributed by atoms with Crippen molar-refractivity contribution in [3.05, 3.63) is 29.8 Å². The smallest absolute Gasteiger partial charge is 0.224 e. The van der Waals surface area contributed by atoms with Gasteiger partial charge in [-0.2, -0.15) is 0 Å². The molecular formula is C14H21N3O3S. The minimum atomic E-state index is -3.52. The van der Waals surface area contributed by atoms with Gasteiger partial charge in [-0.3, -0.25) is 4.79 Å². The van der Waals surface area contributed by atoms with E-state index in [0.29, 0.717) is 23.6 Å². The zero-order valence-electron chi connectivity index (χ0n) is 11.8. The Morgan fingerprint density at radius 3 is 2.62 bits per heavy atom. The third-order valence-corrected chi connectivity index (χ3v) is 4.28. The number of hydrogen-bond donors (Lipinski definition) is 3. The van der Waals surface area contributed by atoms with Gasteiger partial charge >= 0.3 is 0 Å². The summed E-state index contributed by atoms with van der Waals surface area (Å²) in [6, 6.07) is 6.69. The lowest BCUT2D eigenvalue weighted by molar-refractivity contribution is -0.116. The number of anilines is 1. The van der Waals surface area contributed by atoms with Gasteiger partial charge < -0.3 is 10.6 Å². The lowest BCUT2D eigenvalue weighted by Crippen LogP contribution is -2.15. The van der Waals surface area contributed by atoms with Crippen LogP contribution in [0, 0.1) is 5.92 Å². The first kappa shape index (κ1) is 15.9. The van der Waals surface area contributed by atoms with Crippen LogP contribution in [-0.2, 0) is 20.6 Å². The van der Waals surface area contributed by atoms with Crippen molar-refractivity contribution in [2.45, 2.75) is 25.0 Å². The molecule has 0 bridgehead atoms. The molecule has 1 aromatic rings. The van der Waals surface area contributed by atoms with Crippen LogP contribution < -0.4 is 15.8 Å². The second-order valence-corrected chi connectivity index (χ2v) is 7.06. The van der Waals surface area contributed by atoms with Gasteiger partial charge in [0.05, 0.1) is 5.75 Å². The zero-order chi connectivity index (χ0) is 15.3. The van der Waals surface area contributed by atoms with Crippen LogP contribution in [0.2, 0.25) is 0 Å². The van der Waals surface area contributed by atoms with Gasteiger partial charge in [0.15, 0.2) is 0 Å². The molecule has 1 fully saturated rings. The average molecular weight is 311 g/mol. The number of carbonyl (C=O) groups is 1. The molecule has 4 N–H and O–H groups in total. The molecule has 1 atom stereocenters. The van der Waals surface area contributed by atoms with Crippen LogP contribution in [0.1, 0.15) is 24.8 Å². The predicted octanol–water partition coefficient (Wildman–Crippen LogP) is 0.803. The summed E-state index contributed by atoms with van der Waals surface area (Å²) in [5, 5.41) is 11.1. The molecule has 1 amide bonds. The second kappa shape index (κ2) is 7.02. The first-order valence-corrected chi connectivity index (χ1v) is 8.74. The van der Waals surface area contributed by atoms with Crippen molar-refractivity contribution in [3.8, 4) is 0 Å². The fourth-order valence-corrected chi connectivity index (χ4v) is 3.09. The molecule has 7 heteroatoms. The summed E-state index contributed by atoms with van der Waals surface area (Å²) in [5.41, 5.74) is 1.27. The SMILES string of the molecule is NS(=O)(=O)Cc1ccc(NC(=O)CCC2CCNC2)cc1. The van der Waals surface area contributed by atoms with Gasteiger partial charge in [-0.15, -0.1) is 0 Å². The third-order valence-electron chi connectivity index (χ3n) is 3.55. The number of sulfonamides is 1. The van der Waals surface area contributed by atoms with Gasteiger partial charge in [0.25, 0.3) is 0 Å². The van der Waals surface area contributed by atoms with E-state index in [2.05, 4.69) is 10.6 Å². The fraction of sp³-hybridized carbons (Fsp3) is 0.500. The number of rotatable bonds is 6. The Morgan fingerprint density at radius 1 is 1.33 bits per heavy atom. The fourth-order valence-electron chi connectivity index (χ4n) is 2.44. The molecular weight excluding hydrogens is 290 g/mol. The molecule has 116 valence electrons. The summed E-state index contributed by atoms with van der Waals surface area (Å²) in [5.74, 6) is 0.379. The summed E-state index contributed by atoms with van der Waals surface area (Å²) in [6.45, 7) is 2.04. The van der Waals surface area contributed by atoms with Gasteiger partial charge in [-0.1, -0.05) is 12.1 Å². The maximum absolute atomic E-state index is 11.8. The largest absolute Gasteiger partial charge is 0.326 e. The molecule has 1 heterocycles. The predicted molar refractivity (Wildman–Crippen MR) is 82.1 cm³/mol. The Morgan fingerprint density at radius 2 is 2.05 bits per heavy atom. The number of primary sulfonamides is 1. The van der Waals surface area contributed by atoms with Crippen molar-refractivity contribution in [2.75, 3.05) is 18.4 Å². The Labute approximate surface area is 125 Å². The molecule has 6 nitrogen and oxygen atoms in total. The van der Waals surface area contributed by atoms with Crippen LogP contribution in [0.5, 0.6) is 0 Å². The average Bonchev–Trinajstić information content (AvgIpc) is 2.90. The van der Waals surface area contributed by atoms with E-state index in [1.54, 1.807) is 24.3 Å². The van der Waals surface area contributed by atoms with Crippen LogP contribution in [-0.4, -0.2) is 27.4 Å². The van der Waals surface area contributed by atoms with Crippen molar-refractivity contribution in [2.24, 2.45) is 11.1 Å². The van der Waals surface area contributed by atoms with Crippen LogP contribution in [0.15, 0.2) is 24.3 Å². The standard InChI is InChI=1S/C14H21N3O3S/c15-21(19,20)10-12-1-4-13(5-2-12)17-14(18)6-3-11-7-8-16-9-11/h1-2,4-5,11,16H,3,6-10H2,(H,17,18)(H2,15,19,20). The van der Waals surface area contributed by atoms with Crippen LogP contribution in [0.25, 0.3) is 0 Å². The molecule has 2 rings (SSSR count). The molecule has 0 aliphatic carbocycles. The van der Waals surface area contributed by atoms with Crippen molar-refractivity contribution in [1.29, 1.82) is 0 Å². The maximum Gasteiger partial charge on any atom is 0.224 e. The highest BCUT2D eigenvalue weighted by Crippen LogP contribution is 2.16. The van der Waals surface area contributed by atoms with Crippen molar-refractivity contribution < 1.29 is 13.2 Å². The van der Waals surface area contributed by atoms with E-state index in [4.69, 9.17) is 5.14 Å². The minimum absolute atomic E-state index is 0.0129. The van der Waals surface area contributed by atoms with E-state index in [9.17, 15) is 13.2 Å². The van der Waals surface area contributed by atoms with E-state index in [1.165, 1.54) is 0 Å². The summed E-state index contributed by atoms with van der Waals surface area (Å²) in [4.78, 5) is 11.8.